The average Bonchev–Trinajstić information content (AvgIpc) is 2.93. The van der Waals surface area contributed by atoms with Crippen molar-refractivity contribution < 1.29 is 13.5 Å². The van der Waals surface area contributed by atoms with Crippen LogP contribution in [0.15, 0.2) is 11.4 Å². The lowest BCUT2D eigenvalue weighted by Gasteiger charge is -2.26. The number of sulfonamides is 1. The first-order valence-corrected chi connectivity index (χ1v) is 9.54. The summed E-state index contributed by atoms with van der Waals surface area (Å²) in [6.45, 7) is 0.222. The number of nitrogens with zero attached hydrogens (tertiary/aromatic N) is 1. The van der Waals surface area contributed by atoms with E-state index in [2.05, 4.69) is 11.8 Å². The lowest BCUT2D eigenvalue weighted by atomic mass is 10.0. The summed E-state index contributed by atoms with van der Waals surface area (Å²) in [4.78, 5) is 0.850. The first kappa shape index (κ1) is 16.5. The van der Waals surface area contributed by atoms with Crippen LogP contribution in [0.5, 0.6) is 0 Å². The van der Waals surface area contributed by atoms with Crippen molar-refractivity contribution in [3.63, 3.8) is 0 Å². The number of rotatable bonds is 4. The second-order valence-corrected chi connectivity index (χ2v) is 8.57. The topological polar surface area (TPSA) is 57.6 Å². The van der Waals surface area contributed by atoms with Crippen LogP contribution in [0.25, 0.3) is 0 Å². The molecule has 1 aromatic rings. The van der Waals surface area contributed by atoms with E-state index in [4.69, 9.17) is 5.11 Å². The summed E-state index contributed by atoms with van der Waals surface area (Å²) < 4.78 is 26.5. The van der Waals surface area contributed by atoms with Gasteiger partial charge in [-0.15, -0.1) is 11.3 Å². The Labute approximate surface area is 130 Å². The molecule has 0 unspecified atom stereocenters. The number of hydrogen-bond acceptors (Lipinski definition) is 4. The molecule has 0 aliphatic heterocycles. The molecule has 1 aliphatic carbocycles. The average molecular weight is 327 g/mol. The van der Waals surface area contributed by atoms with Crippen LogP contribution < -0.4 is 0 Å². The van der Waals surface area contributed by atoms with Crippen LogP contribution in [-0.4, -0.2) is 36.7 Å². The van der Waals surface area contributed by atoms with Crippen LogP contribution in [0, 0.1) is 11.8 Å². The van der Waals surface area contributed by atoms with Gasteiger partial charge >= 0.3 is 0 Å². The lowest BCUT2D eigenvalue weighted by Crippen LogP contribution is -2.36. The zero-order valence-corrected chi connectivity index (χ0v) is 13.8. The molecule has 1 saturated carbocycles. The Morgan fingerprint density at radius 1 is 1.38 bits per heavy atom. The molecule has 0 atom stereocenters. The van der Waals surface area contributed by atoms with Crippen LogP contribution in [-0.2, 0) is 16.6 Å². The Balaban J connectivity index is 2.02. The Hall–Kier alpha value is -0.870. The van der Waals surface area contributed by atoms with Crippen molar-refractivity contribution in [1.82, 2.24) is 4.31 Å². The third kappa shape index (κ3) is 4.30. The molecule has 116 valence electrons. The van der Waals surface area contributed by atoms with Gasteiger partial charge in [-0.2, -0.15) is 0 Å². The third-order valence-corrected chi connectivity index (χ3v) is 6.96. The predicted octanol–water partition coefficient (Wildman–Crippen LogP) is 2.19. The van der Waals surface area contributed by atoms with Gasteiger partial charge in [0.2, 0.25) is 10.0 Å². The molecule has 0 amide bonds. The van der Waals surface area contributed by atoms with Crippen molar-refractivity contribution in [3.05, 3.63) is 21.9 Å². The molecule has 1 N–H and O–H groups in total. The third-order valence-electron chi connectivity index (χ3n) is 3.76. The molecule has 0 aromatic carbocycles. The maximum Gasteiger partial charge on any atom is 0.217 e. The van der Waals surface area contributed by atoms with E-state index in [9.17, 15) is 8.42 Å². The van der Waals surface area contributed by atoms with E-state index < -0.39 is 10.0 Å². The zero-order chi connectivity index (χ0) is 15.3. The minimum Gasteiger partial charge on any atom is -0.384 e. The highest BCUT2D eigenvalue weighted by atomic mass is 32.2. The van der Waals surface area contributed by atoms with Gasteiger partial charge in [0.25, 0.3) is 0 Å². The Morgan fingerprint density at radius 2 is 2.10 bits per heavy atom. The Morgan fingerprint density at radius 3 is 2.76 bits per heavy atom. The first-order valence-electron chi connectivity index (χ1n) is 7.16. The smallest absolute Gasteiger partial charge is 0.217 e. The standard InChI is InChI=1S/C15H21NO3S2/c1-16(21(18,19)15-7-3-2-4-8-15)11-13-10-14(20-12-13)6-5-9-17/h10,12,15,17H,2-4,7-9,11H2,1H3. The van der Waals surface area contributed by atoms with Gasteiger partial charge in [0.05, 0.1) is 10.1 Å². The maximum absolute atomic E-state index is 12.5. The number of aliphatic hydroxyl groups is 1. The highest BCUT2D eigenvalue weighted by Gasteiger charge is 2.30. The van der Waals surface area contributed by atoms with Crippen molar-refractivity contribution in [2.75, 3.05) is 13.7 Å². The van der Waals surface area contributed by atoms with Gasteiger partial charge < -0.3 is 5.11 Å². The first-order chi connectivity index (χ1) is 10.0. The second-order valence-electron chi connectivity index (χ2n) is 5.34. The fourth-order valence-electron chi connectivity index (χ4n) is 2.62. The highest BCUT2D eigenvalue weighted by molar-refractivity contribution is 7.89. The van der Waals surface area contributed by atoms with Crippen molar-refractivity contribution in [1.29, 1.82) is 0 Å². The number of aliphatic hydroxyl groups excluding tert-OH is 1. The molecule has 4 nitrogen and oxygen atoms in total. The number of thiophene rings is 1. The van der Waals surface area contributed by atoms with Crippen LogP contribution in [0.3, 0.4) is 0 Å². The molecule has 1 aromatic heterocycles. The minimum absolute atomic E-state index is 0.163. The normalized spacial score (nSPS) is 16.7. The van der Waals surface area contributed by atoms with Crippen LogP contribution in [0.2, 0.25) is 0 Å². The minimum atomic E-state index is -3.21. The Bertz CT molecular complexity index is 619. The summed E-state index contributed by atoms with van der Waals surface area (Å²) in [5, 5.41) is 10.4. The molecule has 1 aliphatic rings. The SMILES string of the molecule is CN(Cc1csc(C#CCO)c1)S(=O)(=O)C1CCCCC1. The van der Waals surface area contributed by atoms with Crippen LogP contribution >= 0.6 is 11.3 Å². The summed E-state index contributed by atoms with van der Waals surface area (Å²) in [7, 11) is -1.55. The van der Waals surface area contributed by atoms with E-state index in [1.54, 1.807) is 7.05 Å². The van der Waals surface area contributed by atoms with Crippen molar-refractivity contribution in [2.24, 2.45) is 0 Å². The molecule has 0 bridgehead atoms. The molecule has 6 heteroatoms. The lowest BCUT2D eigenvalue weighted by molar-refractivity contribution is 0.350. The van der Waals surface area contributed by atoms with Gasteiger partial charge in [0, 0.05) is 13.6 Å². The van der Waals surface area contributed by atoms with Gasteiger partial charge in [-0.25, -0.2) is 12.7 Å². The molecule has 1 fully saturated rings. The molecule has 1 heterocycles. The van der Waals surface area contributed by atoms with E-state index in [-0.39, 0.29) is 11.9 Å². The molecule has 0 radical (unpaired) electrons. The monoisotopic (exact) mass is 327 g/mol. The van der Waals surface area contributed by atoms with Crippen LogP contribution in [0.1, 0.15) is 42.5 Å². The summed E-state index contributed by atoms with van der Waals surface area (Å²) in [5.74, 6) is 5.44. The van der Waals surface area contributed by atoms with Gasteiger partial charge in [-0.05, 0) is 29.9 Å². The van der Waals surface area contributed by atoms with E-state index in [0.29, 0.717) is 6.54 Å². The predicted molar refractivity (Wildman–Crippen MR) is 85.5 cm³/mol. The molecular formula is C15H21NO3S2. The largest absolute Gasteiger partial charge is 0.384 e. The Kier molecular flexibility index (Phi) is 5.82. The van der Waals surface area contributed by atoms with E-state index >= 15 is 0 Å². The molecule has 0 spiro atoms. The van der Waals surface area contributed by atoms with E-state index in [1.165, 1.54) is 15.6 Å². The molecule has 2 rings (SSSR count). The summed E-state index contributed by atoms with van der Waals surface area (Å²) in [6.07, 6.45) is 4.73. The van der Waals surface area contributed by atoms with E-state index in [0.717, 1.165) is 42.5 Å². The zero-order valence-electron chi connectivity index (χ0n) is 12.2. The summed E-state index contributed by atoms with van der Waals surface area (Å²) in [6, 6.07) is 1.89. The highest BCUT2D eigenvalue weighted by Crippen LogP contribution is 2.26. The molecule has 0 saturated heterocycles. The van der Waals surface area contributed by atoms with Gasteiger partial charge in [0.15, 0.2) is 0 Å². The second kappa shape index (κ2) is 7.41. The quantitative estimate of drug-likeness (QED) is 0.863. The fourth-order valence-corrected chi connectivity index (χ4v) is 5.15. The van der Waals surface area contributed by atoms with E-state index in [1.807, 2.05) is 11.4 Å². The summed E-state index contributed by atoms with van der Waals surface area (Å²) in [5.41, 5.74) is 0.948. The fraction of sp³-hybridized carbons (Fsp3) is 0.600. The molecule has 21 heavy (non-hydrogen) atoms. The summed E-state index contributed by atoms with van der Waals surface area (Å²) >= 11 is 1.47. The van der Waals surface area contributed by atoms with Gasteiger partial charge in [-0.3, -0.25) is 0 Å². The van der Waals surface area contributed by atoms with Crippen molar-refractivity contribution >= 4 is 21.4 Å². The van der Waals surface area contributed by atoms with Gasteiger partial charge in [-0.1, -0.05) is 31.1 Å². The maximum atomic E-state index is 12.5. The van der Waals surface area contributed by atoms with Crippen molar-refractivity contribution in [3.8, 4) is 11.8 Å². The van der Waals surface area contributed by atoms with Crippen molar-refractivity contribution in [2.45, 2.75) is 43.9 Å². The van der Waals surface area contributed by atoms with Gasteiger partial charge in [0.1, 0.15) is 6.61 Å². The molecular weight excluding hydrogens is 306 g/mol. The van der Waals surface area contributed by atoms with Crippen LogP contribution in [0.4, 0.5) is 0 Å². The number of hydrogen-bond donors (Lipinski definition) is 1.